The summed E-state index contributed by atoms with van der Waals surface area (Å²) >= 11 is 0. The van der Waals surface area contributed by atoms with Gasteiger partial charge in [-0.1, -0.05) is 24.3 Å². The molecule has 1 amide bonds. The lowest BCUT2D eigenvalue weighted by Crippen LogP contribution is -2.14. The van der Waals surface area contributed by atoms with Gasteiger partial charge < -0.3 is 14.8 Å². The van der Waals surface area contributed by atoms with E-state index in [1.54, 1.807) is 30.3 Å². The van der Waals surface area contributed by atoms with Gasteiger partial charge >= 0.3 is 0 Å². The Morgan fingerprint density at radius 3 is 2.60 bits per heavy atom. The number of amides is 1. The van der Waals surface area contributed by atoms with Gasteiger partial charge in [-0.15, -0.1) is 0 Å². The Bertz CT molecular complexity index is 807. The maximum atomic E-state index is 12.4. The van der Waals surface area contributed by atoms with E-state index >= 15 is 0 Å². The second kappa shape index (κ2) is 9.14. The minimum absolute atomic E-state index is 0.0000463. The van der Waals surface area contributed by atoms with E-state index < -0.39 is 5.91 Å². The van der Waals surface area contributed by atoms with E-state index in [-0.39, 0.29) is 5.57 Å². The third kappa shape index (κ3) is 5.11. The van der Waals surface area contributed by atoms with Crippen LogP contribution in [0.25, 0.3) is 6.08 Å². The van der Waals surface area contributed by atoms with Crippen molar-refractivity contribution < 1.29 is 14.3 Å². The zero-order valence-corrected chi connectivity index (χ0v) is 14.3. The Labute approximate surface area is 147 Å². The summed E-state index contributed by atoms with van der Waals surface area (Å²) in [6.07, 6.45) is 1.53. The van der Waals surface area contributed by atoms with Gasteiger partial charge in [0.05, 0.1) is 18.9 Å². The molecule has 0 aromatic heterocycles. The van der Waals surface area contributed by atoms with Gasteiger partial charge in [-0.3, -0.25) is 4.79 Å². The highest BCUT2D eigenvalue weighted by Gasteiger charge is 2.12. The van der Waals surface area contributed by atoms with Crippen LogP contribution in [0.15, 0.2) is 54.1 Å². The first-order valence-electron chi connectivity index (χ1n) is 8.05. The summed E-state index contributed by atoms with van der Waals surface area (Å²) in [7, 11) is 0. The number of nitriles is 1. The van der Waals surface area contributed by atoms with Gasteiger partial charge in [0.2, 0.25) is 0 Å². The van der Waals surface area contributed by atoms with Crippen LogP contribution in [0.5, 0.6) is 11.5 Å². The normalized spacial score (nSPS) is 10.7. The number of benzene rings is 2. The molecule has 5 nitrogen and oxygen atoms in total. The van der Waals surface area contributed by atoms with E-state index in [2.05, 4.69) is 5.32 Å². The van der Waals surface area contributed by atoms with Gasteiger partial charge in [0.15, 0.2) is 0 Å². The van der Waals surface area contributed by atoms with Crippen molar-refractivity contribution in [3.8, 4) is 17.6 Å². The fourth-order valence-corrected chi connectivity index (χ4v) is 2.22. The van der Waals surface area contributed by atoms with Crippen molar-refractivity contribution in [2.75, 3.05) is 18.5 Å². The Morgan fingerprint density at radius 2 is 1.88 bits per heavy atom. The number of ether oxygens (including phenoxy) is 2. The number of nitrogens with zero attached hydrogens (tertiary/aromatic N) is 1. The Hall–Kier alpha value is -3.26. The fraction of sp³-hybridized carbons (Fsp3) is 0.200. The van der Waals surface area contributed by atoms with E-state index in [0.717, 1.165) is 5.56 Å². The molecule has 0 aliphatic heterocycles. The summed E-state index contributed by atoms with van der Waals surface area (Å²) in [6.45, 7) is 4.79. The number of carbonyl (C=O) groups is 1. The lowest BCUT2D eigenvalue weighted by molar-refractivity contribution is -0.112. The van der Waals surface area contributed by atoms with E-state index in [9.17, 15) is 10.1 Å². The fourth-order valence-electron chi connectivity index (χ4n) is 2.22. The van der Waals surface area contributed by atoms with E-state index in [4.69, 9.17) is 9.47 Å². The number of nitrogens with one attached hydrogen (secondary N) is 1. The number of hydrogen-bond acceptors (Lipinski definition) is 4. The molecule has 0 radical (unpaired) electrons. The van der Waals surface area contributed by atoms with Gasteiger partial charge in [-0.25, -0.2) is 0 Å². The van der Waals surface area contributed by atoms with Gasteiger partial charge in [-0.05, 0) is 49.8 Å². The summed E-state index contributed by atoms with van der Waals surface area (Å²) in [5.41, 5.74) is 1.24. The van der Waals surface area contributed by atoms with Gasteiger partial charge in [0, 0.05) is 0 Å². The molecule has 0 aliphatic carbocycles. The summed E-state index contributed by atoms with van der Waals surface area (Å²) in [4.78, 5) is 12.4. The van der Waals surface area contributed by atoms with Gasteiger partial charge in [-0.2, -0.15) is 5.26 Å². The molecular formula is C20H20N2O3. The molecule has 0 spiro atoms. The topological polar surface area (TPSA) is 71.3 Å². The minimum Gasteiger partial charge on any atom is -0.494 e. The first-order valence-corrected chi connectivity index (χ1v) is 8.05. The summed E-state index contributed by atoms with van der Waals surface area (Å²) in [6, 6.07) is 16.3. The number of carbonyl (C=O) groups excluding carboxylic acids is 1. The standard InChI is InChI=1S/C20H20N2O3/c1-3-24-17-9-7-8-15(13-17)12-16(14-21)20(23)22-18-10-5-6-11-19(18)25-4-2/h5-13H,3-4H2,1-2H3,(H,22,23)/b16-12+. The molecule has 0 saturated heterocycles. The van der Waals surface area contributed by atoms with Gasteiger partial charge in [0.1, 0.15) is 23.1 Å². The molecular weight excluding hydrogens is 316 g/mol. The van der Waals surface area contributed by atoms with Crippen LogP contribution in [0.2, 0.25) is 0 Å². The maximum absolute atomic E-state index is 12.4. The van der Waals surface area contributed by atoms with Crippen molar-refractivity contribution in [2.45, 2.75) is 13.8 Å². The Kier molecular flexibility index (Phi) is 6.61. The predicted molar refractivity (Wildman–Crippen MR) is 97.4 cm³/mol. The van der Waals surface area contributed by atoms with Crippen LogP contribution in [0.3, 0.4) is 0 Å². The van der Waals surface area contributed by atoms with Crippen molar-refractivity contribution in [3.63, 3.8) is 0 Å². The monoisotopic (exact) mass is 336 g/mol. The average Bonchev–Trinajstić information content (AvgIpc) is 2.62. The summed E-state index contributed by atoms with van der Waals surface area (Å²) < 4.78 is 10.9. The Balaban J connectivity index is 2.22. The van der Waals surface area contributed by atoms with Crippen LogP contribution in [0, 0.1) is 11.3 Å². The number of rotatable bonds is 7. The molecule has 2 aromatic rings. The van der Waals surface area contributed by atoms with Crippen LogP contribution in [0.1, 0.15) is 19.4 Å². The predicted octanol–water partition coefficient (Wildman–Crippen LogP) is 4.03. The molecule has 0 unspecified atom stereocenters. The van der Waals surface area contributed by atoms with Crippen molar-refractivity contribution >= 4 is 17.7 Å². The second-order valence-corrected chi connectivity index (χ2v) is 5.06. The highest BCUT2D eigenvalue weighted by molar-refractivity contribution is 6.10. The number of para-hydroxylation sites is 2. The molecule has 0 saturated carbocycles. The maximum Gasteiger partial charge on any atom is 0.266 e. The largest absolute Gasteiger partial charge is 0.494 e. The molecule has 0 fully saturated rings. The molecule has 25 heavy (non-hydrogen) atoms. The van der Waals surface area contributed by atoms with E-state index in [1.807, 2.05) is 38.1 Å². The zero-order chi connectivity index (χ0) is 18.1. The SMILES string of the molecule is CCOc1cccc(/C=C(\C#N)C(=O)Nc2ccccc2OCC)c1. The van der Waals surface area contributed by atoms with Crippen LogP contribution >= 0.6 is 0 Å². The lowest BCUT2D eigenvalue weighted by Gasteiger charge is -2.10. The van der Waals surface area contributed by atoms with E-state index in [1.165, 1.54) is 6.08 Å². The third-order valence-electron chi connectivity index (χ3n) is 3.28. The smallest absolute Gasteiger partial charge is 0.266 e. The zero-order valence-electron chi connectivity index (χ0n) is 14.3. The molecule has 128 valence electrons. The average molecular weight is 336 g/mol. The van der Waals surface area contributed by atoms with E-state index in [0.29, 0.717) is 30.4 Å². The van der Waals surface area contributed by atoms with Crippen molar-refractivity contribution in [3.05, 3.63) is 59.7 Å². The second-order valence-electron chi connectivity index (χ2n) is 5.06. The van der Waals surface area contributed by atoms with Gasteiger partial charge in [0.25, 0.3) is 5.91 Å². The molecule has 2 aromatic carbocycles. The van der Waals surface area contributed by atoms with Crippen LogP contribution in [0.4, 0.5) is 5.69 Å². The van der Waals surface area contributed by atoms with Crippen molar-refractivity contribution in [1.29, 1.82) is 5.26 Å². The highest BCUT2D eigenvalue weighted by Crippen LogP contribution is 2.24. The molecule has 0 aliphatic rings. The summed E-state index contributed by atoms with van der Waals surface area (Å²) in [5, 5.41) is 12.1. The third-order valence-corrected chi connectivity index (χ3v) is 3.28. The Morgan fingerprint density at radius 1 is 1.12 bits per heavy atom. The van der Waals surface area contributed by atoms with Crippen LogP contribution in [-0.2, 0) is 4.79 Å². The van der Waals surface area contributed by atoms with Crippen LogP contribution in [-0.4, -0.2) is 19.1 Å². The molecule has 0 atom stereocenters. The molecule has 0 heterocycles. The lowest BCUT2D eigenvalue weighted by atomic mass is 10.1. The molecule has 2 rings (SSSR count). The quantitative estimate of drug-likeness (QED) is 0.612. The summed E-state index contributed by atoms with van der Waals surface area (Å²) in [5.74, 6) is 0.765. The molecule has 1 N–H and O–H groups in total. The van der Waals surface area contributed by atoms with Crippen molar-refractivity contribution in [2.24, 2.45) is 0 Å². The first kappa shape index (κ1) is 18.1. The van der Waals surface area contributed by atoms with Crippen LogP contribution < -0.4 is 14.8 Å². The number of hydrogen-bond donors (Lipinski definition) is 1. The first-order chi connectivity index (χ1) is 12.2. The highest BCUT2D eigenvalue weighted by atomic mass is 16.5. The molecule has 0 bridgehead atoms. The minimum atomic E-state index is -0.489. The molecule has 5 heteroatoms. The number of anilines is 1. The van der Waals surface area contributed by atoms with Crippen molar-refractivity contribution in [1.82, 2.24) is 0 Å².